The van der Waals surface area contributed by atoms with E-state index < -0.39 is 16.0 Å². The number of aromatic carboxylic acids is 1. The van der Waals surface area contributed by atoms with Gasteiger partial charge in [-0.25, -0.2) is 13.2 Å². The van der Waals surface area contributed by atoms with Gasteiger partial charge in [0, 0.05) is 24.0 Å². The Morgan fingerprint density at radius 1 is 1.27 bits per heavy atom. The van der Waals surface area contributed by atoms with Gasteiger partial charge in [0.05, 0.1) is 18.1 Å². The molecule has 2 aromatic rings. The summed E-state index contributed by atoms with van der Waals surface area (Å²) >= 11 is 0. The molecular formula is C14H15NO6S. The number of sulfonamides is 1. The fourth-order valence-electron chi connectivity index (χ4n) is 2.50. The molecule has 1 saturated heterocycles. The second-order valence-corrected chi connectivity index (χ2v) is 6.97. The van der Waals surface area contributed by atoms with Gasteiger partial charge in [0.1, 0.15) is 5.58 Å². The number of ether oxygens (including phenoxy) is 1. The highest BCUT2D eigenvalue weighted by Crippen LogP contribution is 2.29. The number of hydrogen-bond acceptors (Lipinski definition) is 5. The second kappa shape index (κ2) is 5.38. The lowest BCUT2D eigenvalue weighted by Crippen LogP contribution is -2.40. The monoisotopic (exact) mass is 325 g/mol. The highest BCUT2D eigenvalue weighted by Gasteiger charge is 2.27. The zero-order chi connectivity index (χ0) is 15.9. The van der Waals surface area contributed by atoms with E-state index in [2.05, 4.69) is 0 Å². The fourth-order valence-corrected chi connectivity index (χ4v) is 3.94. The van der Waals surface area contributed by atoms with Crippen LogP contribution in [-0.2, 0) is 14.8 Å². The molecule has 3 rings (SSSR count). The number of carbonyl (C=O) groups is 1. The van der Waals surface area contributed by atoms with Crippen molar-refractivity contribution in [3.8, 4) is 0 Å². The molecule has 8 heteroatoms. The Hall–Kier alpha value is -1.90. The van der Waals surface area contributed by atoms with Crippen molar-refractivity contribution < 1.29 is 27.5 Å². The van der Waals surface area contributed by atoms with Crippen molar-refractivity contribution in [2.45, 2.75) is 11.8 Å². The van der Waals surface area contributed by atoms with Crippen LogP contribution in [0.5, 0.6) is 0 Å². The summed E-state index contributed by atoms with van der Waals surface area (Å²) in [5.41, 5.74) is 0.775. The molecule has 0 aliphatic carbocycles. The van der Waals surface area contributed by atoms with Crippen molar-refractivity contribution in [3.05, 3.63) is 29.5 Å². The van der Waals surface area contributed by atoms with Gasteiger partial charge in [-0.15, -0.1) is 0 Å². The number of fused-ring (bicyclic) bond motifs is 1. The number of furan rings is 1. The van der Waals surface area contributed by atoms with Gasteiger partial charge >= 0.3 is 5.97 Å². The summed E-state index contributed by atoms with van der Waals surface area (Å²) in [5.74, 6) is -1.35. The molecule has 1 aliphatic heterocycles. The molecule has 7 nitrogen and oxygen atoms in total. The largest absolute Gasteiger partial charge is 0.475 e. The predicted molar refractivity (Wildman–Crippen MR) is 77.5 cm³/mol. The summed E-state index contributed by atoms with van der Waals surface area (Å²) in [5, 5.41) is 9.56. The topological polar surface area (TPSA) is 97.0 Å². The van der Waals surface area contributed by atoms with Gasteiger partial charge in [0.2, 0.25) is 15.8 Å². The first-order chi connectivity index (χ1) is 10.4. The number of rotatable bonds is 3. The second-order valence-electron chi connectivity index (χ2n) is 5.04. The molecule has 1 fully saturated rings. The SMILES string of the molecule is Cc1c(C(=O)O)oc2ccc(S(=O)(=O)N3CCOCC3)cc12. The minimum Gasteiger partial charge on any atom is -0.475 e. The van der Waals surface area contributed by atoms with Crippen LogP contribution in [-0.4, -0.2) is 50.1 Å². The molecule has 2 heterocycles. The van der Waals surface area contributed by atoms with Crippen LogP contribution in [0.2, 0.25) is 0 Å². The minimum absolute atomic E-state index is 0.128. The Kier molecular flexibility index (Phi) is 3.67. The fraction of sp³-hybridized carbons (Fsp3) is 0.357. The molecule has 0 bridgehead atoms. The number of carboxylic acids is 1. The molecule has 1 N–H and O–H groups in total. The van der Waals surface area contributed by atoms with Crippen LogP contribution in [0, 0.1) is 6.92 Å². The molecule has 0 amide bonds. The molecule has 1 aromatic heterocycles. The molecule has 1 aliphatic rings. The van der Waals surface area contributed by atoms with Gasteiger partial charge in [0.25, 0.3) is 0 Å². The van der Waals surface area contributed by atoms with E-state index in [1.54, 1.807) is 6.92 Å². The van der Waals surface area contributed by atoms with Crippen LogP contribution < -0.4 is 0 Å². The third-order valence-electron chi connectivity index (χ3n) is 3.71. The summed E-state index contributed by atoms with van der Waals surface area (Å²) in [6.45, 7) is 2.96. The smallest absolute Gasteiger partial charge is 0.372 e. The molecule has 0 spiro atoms. The van der Waals surface area contributed by atoms with E-state index in [1.165, 1.54) is 22.5 Å². The molecule has 0 unspecified atom stereocenters. The van der Waals surface area contributed by atoms with E-state index in [1.807, 2.05) is 0 Å². The Bertz CT molecular complexity index is 832. The number of aryl methyl sites for hydroxylation is 1. The molecule has 0 radical (unpaired) electrons. The average molecular weight is 325 g/mol. The zero-order valence-corrected chi connectivity index (χ0v) is 12.7. The van der Waals surface area contributed by atoms with Crippen molar-refractivity contribution >= 4 is 27.0 Å². The van der Waals surface area contributed by atoms with E-state index in [0.717, 1.165) is 0 Å². The number of benzene rings is 1. The van der Waals surface area contributed by atoms with Crippen molar-refractivity contribution in [3.63, 3.8) is 0 Å². The summed E-state index contributed by atoms with van der Waals surface area (Å²) < 4.78 is 37.0. The first-order valence-corrected chi connectivity index (χ1v) is 8.19. The van der Waals surface area contributed by atoms with Crippen molar-refractivity contribution in [1.29, 1.82) is 0 Å². The first kappa shape index (κ1) is 15.0. The minimum atomic E-state index is -3.62. The Morgan fingerprint density at radius 2 is 1.95 bits per heavy atom. The third kappa shape index (κ3) is 2.39. The number of carboxylic acid groups (broad SMARTS) is 1. The number of morpholine rings is 1. The van der Waals surface area contributed by atoms with Gasteiger partial charge in [-0.2, -0.15) is 4.31 Å². The average Bonchev–Trinajstić information content (AvgIpc) is 2.85. The molecule has 22 heavy (non-hydrogen) atoms. The summed E-state index contributed by atoms with van der Waals surface area (Å²) in [6, 6.07) is 4.38. The van der Waals surface area contributed by atoms with Gasteiger partial charge in [-0.3, -0.25) is 0 Å². The number of hydrogen-bond donors (Lipinski definition) is 1. The van der Waals surface area contributed by atoms with Gasteiger partial charge in [-0.05, 0) is 25.1 Å². The standard InChI is InChI=1S/C14H15NO6S/c1-9-11-8-10(2-3-12(11)21-13(9)14(16)17)22(18,19)15-4-6-20-7-5-15/h2-3,8H,4-7H2,1H3,(H,16,17). The van der Waals surface area contributed by atoms with Gasteiger partial charge < -0.3 is 14.3 Å². The Labute approximate surface area is 127 Å². The van der Waals surface area contributed by atoms with Gasteiger partial charge in [-0.1, -0.05) is 0 Å². The van der Waals surface area contributed by atoms with Crippen LogP contribution in [0.3, 0.4) is 0 Å². The predicted octanol–water partition coefficient (Wildman–Crippen LogP) is 1.46. The molecule has 118 valence electrons. The van der Waals surface area contributed by atoms with Crippen molar-refractivity contribution in [2.24, 2.45) is 0 Å². The van der Waals surface area contributed by atoms with Crippen LogP contribution in [0.1, 0.15) is 16.1 Å². The maximum absolute atomic E-state index is 12.6. The van der Waals surface area contributed by atoms with E-state index in [9.17, 15) is 13.2 Å². The Morgan fingerprint density at radius 3 is 2.59 bits per heavy atom. The zero-order valence-electron chi connectivity index (χ0n) is 11.9. The quantitative estimate of drug-likeness (QED) is 0.917. The molecule has 1 aromatic carbocycles. The van der Waals surface area contributed by atoms with Crippen LogP contribution in [0.4, 0.5) is 0 Å². The Balaban J connectivity index is 2.08. The van der Waals surface area contributed by atoms with Crippen molar-refractivity contribution in [1.82, 2.24) is 4.31 Å². The summed E-state index contributed by atoms with van der Waals surface area (Å²) in [4.78, 5) is 11.2. The van der Waals surface area contributed by atoms with Crippen molar-refractivity contribution in [2.75, 3.05) is 26.3 Å². The highest BCUT2D eigenvalue weighted by atomic mass is 32.2. The third-order valence-corrected chi connectivity index (χ3v) is 5.60. The lowest BCUT2D eigenvalue weighted by molar-refractivity contribution is 0.0664. The normalized spacial score (nSPS) is 17.0. The van der Waals surface area contributed by atoms with Crippen LogP contribution >= 0.6 is 0 Å². The maximum Gasteiger partial charge on any atom is 0.372 e. The summed E-state index contributed by atoms with van der Waals surface area (Å²) in [7, 11) is -3.62. The van der Waals surface area contributed by atoms with E-state index in [4.69, 9.17) is 14.3 Å². The summed E-state index contributed by atoms with van der Waals surface area (Å²) in [6.07, 6.45) is 0. The van der Waals surface area contributed by atoms with Gasteiger partial charge in [0.15, 0.2) is 0 Å². The lowest BCUT2D eigenvalue weighted by Gasteiger charge is -2.26. The molecule has 0 atom stereocenters. The van der Waals surface area contributed by atoms with E-state index >= 15 is 0 Å². The lowest BCUT2D eigenvalue weighted by atomic mass is 10.1. The number of nitrogens with zero attached hydrogens (tertiary/aromatic N) is 1. The highest BCUT2D eigenvalue weighted by molar-refractivity contribution is 7.89. The van der Waals surface area contributed by atoms with Crippen LogP contribution in [0.25, 0.3) is 11.0 Å². The first-order valence-electron chi connectivity index (χ1n) is 6.75. The molecule has 0 saturated carbocycles. The van der Waals surface area contributed by atoms with Crippen LogP contribution in [0.15, 0.2) is 27.5 Å². The molecular weight excluding hydrogens is 310 g/mol. The van der Waals surface area contributed by atoms with E-state index in [-0.39, 0.29) is 10.7 Å². The van der Waals surface area contributed by atoms with E-state index in [0.29, 0.717) is 42.8 Å². The maximum atomic E-state index is 12.6.